The second-order valence-corrected chi connectivity index (χ2v) is 5.01. The average molecular weight is 250 g/mol. The minimum Gasteiger partial charge on any atom is -0.399 e. The third kappa shape index (κ3) is 3.72. The van der Waals surface area contributed by atoms with Gasteiger partial charge in [-0.15, -0.1) is 0 Å². The number of anilines is 2. The van der Waals surface area contributed by atoms with Crippen LogP contribution in [0.2, 0.25) is 0 Å². The zero-order valence-electron chi connectivity index (χ0n) is 10.4. The van der Waals surface area contributed by atoms with E-state index in [4.69, 9.17) is 5.73 Å². The lowest BCUT2D eigenvalue weighted by Gasteiger charge is -2.09. The molecule has 3 nitrogen and oxygen atoms in total. The van der Waals surface area contributed by atoms with Crippen molar-refractivity contribution in [1.29, 1.82) is 0 Å². The van der Waals surface area contributed by atoms with Gasteiger partial charge in [0.1, 0.15) is 5.82 Å². The van der Waals surface area contributed by atoms with E-state index in [0.717, 1.165) is 6.42 Å². The maximum atomic E-state index is 13.1. The molecule has 1 saturated carbocycles. The van der Waals surface area contributed by atoms with E-state index in [9.17, 15) is 9.18 Å². The van der Waals surface area contributed by atoms with E-state index in [1.165, 1.54) is 37.8 Å². The molecule has 1 aromatic carbocycles. The van der Waals surface area contributed by atoms with Gasteiger partial charge in [-0.1, -0.05) is 25.7 Å². The molecule has 1 aliphatic carbocycles. The third-order valence-corrected chi connectivity index (χ3v) is 3.46. The van der Waals surface area contributed by atoms with Crippen LogP contribution < -0.4 is 11.1 Å². The van der Waals surface area contributed by atoms with Gasteiger partial charge >= 0.3 is 0 Å². The minimum atomic E-state index is -0.430. The molecule has 0 unspecified atom stereocenters. The molecule has 98 valence electrons. The highest BCUT2D eigenvalue weighted by molar-refractivity contribution is 5.91. The van der Waals surface area contributed by atoms with Gasteiger partial charge in [0.2, 0.25) is 5.91 Å². The van der Waals surface area contributed by atoms with E-state index in [1.807, 2.05) is 0 Å². The lowest BCUT2D eigenvalue weighted by molar-refractivity contribution is -0.116. The number of nitrogens with two attached hydrogens (primary N) is 1. The normalized spacial score (nSPS) is 15.8. The Kier molecular flexibility index (Phi) is 4.18. The maximum absolute atomic E-state index is 13.1. The molecular formula is C14H19FN2O. The first kappa shape index (κ1) is 12.9. The number of hydrogen-bond donors (Lipinski definition) is 2. The van der Waals surface area contributed by atoms with Crippen molar-refractivity contribution in [3.63, 3.8) is 0 Å². The van der Waals surface area contributed by atoms with E-state index in [1.54, 1.807) is 6.07 Å². The quantitative estimate of drug-likeness (QED) is 0.805. The zero-order valence-corrected chi connectivity index (χ0v) is 10.4. The van der Waals surface area contributed by atoms with Crippen molar-refractivity contribution in [2.75, 3.05) is 11.1 Å². The predicted molar refractivity (Wildman–Crippen MR) is 70.6 cm³/mol. The fourth-order valence-corrected chi connectivity index (χ4v) is 2.54. The molecule has 1 fully saturated rings. The molecular weight excluding hydrogens is 231 g/mol. The molecule has 4 heteroatoms. The largest absolute Gasteiger partial charge is 0.399 e. The van der Waals surface area contributed by atoms with Gasteiger partial charge in [0, 0.05) is 17.8 Å². The van der Waals surface area contributed by atoms with Crippen LogP contribution >= 0.6 is 0 Å². The van der Waals surface area contributed by atoms with Crippen LogP contribution in [0.1, 0.15) is 38.5 Å². The van der Waals surface area contributed by atoms with E-state index >= 15 is 0 Å². The first-order valence-corrected chi connectivity index (χ1v) is 6.49. The summed E-state index contributed by atoms with van der Waals surface area (Å²) in [6.45, 7) is 0. The molecule has 0 aliphatic heterocycles. The highest BCUT2D eigenvalue weighted by atomic mass is 19.1. The molecule has 0 aromatic heterocycles. The summed E-state index contributed by atoms with van der Waals surface area (Å²) >= 11 is 0. The number of rotatable bonds is 4. The molecule has 18 heavy (non-hydrogen) atoms. The summed E-state index contributed by atoms with van der Waals surface area (Å²) in [6.07, 6.45) is 6.47. The van der Waals surface area contributed by atoms with Gasteiger partial charge in [0.15, 0.2) is 0 Å². The van der Waals surface area contributed by atoms with Gasteiger partial charge in [-0.05, 0) is 30.5 Å². The number of carbonyl (C=O) groups is 1. The molecule has 0 radical (unpaired) electrons. The monoisotopic (exact) mass is 250 g/mol. The van der Waals surface area contributed by atoms with Crippen molar-refractivity contribution < 1.29 is 9.18 Å². The molecule has 3 N–H and O–H groups in total. The fourth-order valence-electron chi connectivity index (χ4n) is 2.54. The highest BCUT2D eigenvalue weighted by Gasteiger charge is 2.16. The Morgan fingerprint density at radius 1 is 1.33 bits per heavy atom. The minimum absolute atomic E-state index is 0.0631. The van der Waals surface area contributed by atoms with Crippen LogP contribution in [0.4, 0.5) is 15.8 Å². The summed E-state index contributed by atoms with van der Waals surface area (Å²) in [4.78, 5) is 11.7. The number of nitrogens with one attached hydrogen (secondary N) is 1. The summed E-state index contributed by atoms with van der Waals surface area (Å²) < 4.78 is 13.1. The fraction of sp³-hybridized carbons (Fsp3) is 0.500. The van der Waals surface area contributed by atoms with Crippen molar-refractivity contribution >= 4 is 17.3 Å². The van der Waals surface area contributed by atoms with Crippen LogP contribution in [0.15, 0.2) is 18.2 Å². The Bertz CT molecular complexity index is 408. The number of benzene rings is 1. The van der Waals surface area contributed by atoms with E-state index in [0.29, 0.717) is 23.7 Å². The molecule has 0 heterocycles. The number of hydrogen-bond acceptors (Lipinski definition) is 2. The van der Waals surface area contributed by atoms with Crippen LogP contribution in [-0.2, 0) is 4.79 Å². The van der Waals surface area contributed by atoms with Crippen molar-refractivity contribution in [2.24, 2.45) is 5.92 Å². The predicted octanol–water partition coefficient (Wildman–Crippen LogP) is 3.32. The Morgan fingerprint density at radius 2 is 2.06 bits per heavy atom. The first-order chi connectivity index (χ1) is 8.63. The molecule has 0 spiro atoms. The van der Waals surface area contributed by atoms with Crippen LogP contribution in [-0.4, -0.2) is 5.91 Å². The lowest BCUT2D eigenvalue weighted by Crippen LogP contribution is -2.13. The van der Waals surface area contributed by atoms with E-state index < -0.39 is 5.82 Å². The van der Waals surface area contributed by atoms with Crippen molar-refractivity contribution in [2.45, 2.75) is 38.5 Å². The number of nitrogen functional groups attached to an aromatic ring is 1. The summed E-state index contributed by atoms with van der Waals surface area (Å²) in [5.41, 5.74) is 6.27. The Labute approximate surface area is 107 Å². The van der Waals surface area contributed by atoms with Gasteiger partial charge < -0.3 is 11.1 Å². The van der Waals surface area contributed by atoms with Crippen LogP contribution in [0.25, 0.3) is 0 Å². The standard InChI is InChI=1S/C14H19FN2O/c15-11-7-12(16)9-13(8-11)17-14(18)6-5-10-3-1-2-4-10/h7-10H,1-6,16H2,(H,17,18). The summed E-state index contributed by atoms with van der Waals surface area (Å²) in [6, 6.07) is 4.08. The Balaban J connectivity index is 1.82. The number of halogens is 1. The number of carbonyl (C=O) groups excluding carboxylic acids is 1. The van der Waals surface area contributed by atoms with Gasteiger partial charge in [0.05, 0.1) is 0 Å². The third-order valence-electron chi connectivity index (χ3n) is 3.46. The molecule has 0 bridgehead atoms. The molecule has 1 aromatic rings. The van der Waals surface area contributed by atoms with Crippen LogP contribution in [0, 0.1) is 11.7 Å². The van der Waals surface area contributed by atoms with Crippen LogP contribution in [0.3, 0.4) is 0 Å². The van der Waals surface area contributed by atoms with Crippen molar-refractivity contribution in [1.82, 2.24) is 0 Å². The lowest BCUT2D eigenvalue weighted by atomic mass is 10.0. The first-order valence-electron chi connectivity index (χ1n) is 6.49. The van der Waals surface area contributed by atoms with Crippen molar-refractivity contribution in [3.8, 4) is 0 Å². The van der Waals surface area contributed by atoms with Crippen LogP contribution in [0.5, 0.6) is 0 Å². The summed E-state index contributed by atoms with van der Waals surface area (Å²) in [7, 11) is 0. The average Bonchev–Trinajstić information content (AvgIpc) is 2.77. The molecule has 1 amide bonds. The maximum Gasteiger partial charge on any atom is 0.224 e. The number of amides is 1. The second-order valence-electron chi connectivity index (χ2n) is 5.01. The smallest absolute Gasteiger partial charge is 0.224 e. The van der Waals surface area contributed by atoms with E-state index in [2.05, 4.69) is 5.32 Å². The van der Waals surface area contributed by atoms with Gasteiger partial charge in [-0.25, -0.2) is 4.39 Å². The highest BCUT2D eigenvalue weighted by Crippen LogP contribution is 2.28. The molecule has 0 saturated heterocycles. The van der Waals surface area contributed by atoms with Gasteiger partial charge in [-0.2, -0.15) is 0 Å². The van der Waals surface area contributed by atoms with Gasteiger partial charge in [0.25, 0.3) is 0 Å². The molecule has 1 aliphatic rings. The second kappa shape index (κ2) is 5.85. The SMILES string of the molecule is Nc1cc(F)cc(NC(=O)CCC2CCCC2)c1. The summed E-state index contributed by atoms with van der Waals surface area (Å²) in [5.74, 6) is 0.196. The molecule has 2 rings (SSSR count). The Morgan fingerprint density at radius 3 is 2.72 bits per heavy atom. The van der Waals surface area contributed by atoms with Crippen molar-refractivity contribution in [3.05, 3.63) is 24.0 Å². The van der Waals surface area contributed by atoms with Gasteiger partial charge in [-0.3, -0.25) is 4.79 Å². The van der Waals surface area contributed by atoms with E-state index in [-0.39, 0.29) is 5.91 Å². The zero-order chi connectivity index (χ0) is 13.0. The summed E-state index contributed by atoms with van der Waals surface area (Å²) in [5, 5.41) is 2.69. The Hall–Kier alpha value is -1.58. The topological polar surface area (TPSA) is 55.1 Å². The molecule has 0 atom stereocenters.